The number of amides is 1. The van der Waals surface area contributed by atoms with Gasteiger partial charge >= 0.3 is 0 Å². The summed E-state index contributed by atoms with van der Waals surface area (Å²) < 4.78 is 0. The average molecular weight is 251 g/mol. The van der Waals surface area contributed by atoms with Crippen LogP contribution in [0.25, 0.3) is 0 Å². The average Bonchev–Trinajstić information content (AvgIpc) is 2.35. The van der Waals surface area contributed by atoms with Gasteiger partial charge in [-0.15, -0.1) is 0 Å². The summed E-state index contributed by atoms with van der Waals surface area (Å²) in [6, 6.07) is 2.37. The minimum Gasteiger partial charge on any atom is -0.353 e. The maximum atomic E-state index is 11.7. The van der Waals surface area contributed by atoms with E-state index in [4.69, 9.17) is 5.26 Å². The van der Waals surface area contributed by atoms with Gasteiger partial charge in [0.2, 0.25) is 5.91 Å². The topological polar surface area (TPSA) is 56.1 Å². The van der Waals surface area contributed by atoms with Crippen molar-refractivity contribution in [1.82, 2.24) is 10.2 Å². The summed E-state index contributed by atoms with van der Waals surface area (Å²) in [6.45, 7) is 8.70. The van der Waals surface area contributed by atoms with Crippen LogP contribution in [0, 0.1) is 16.7 Å². The molecule has 1 fully saturated rings. The first-order valence-corrected chi connectivity index (χ1v) is 6.93. The molecule has 1 heterocycles. The lowest BCUT2D eigenvalue weighted by molar-refractivity contribution is -0.129. The predicted molar refractivity (Wildman–Crippen MR) is 71.9 cm³/mol. The van der Waals surface area contributed by atoms with Gasteiger partial charge in [-0.05, 0) is 39.7 Å². The summed E-state index contributed by atoms with van der Waals surface area (Å²) in [7, 11) is 0. The fourth-order valence-corrected chi connectivity index (χ4v) is 2.41. The Bertz CT molecular complexity index is 319. The van der Waals surface area contributed by atoms with Crippen molar-refractivity contribution in [2.45, 2.75) is 52.5 Å². The van der Waals surface area contributed by atoms with Crippen molar-refractivity contribution >= 4 is 5.91 Å². The van der Waals surface area contributed by atoms with Crippen LogP contribution < -0.4 is 5.32 Å². The van der Waals surface area contributed by atoms with Gasteiger partial charge < -0.3 is 5.32 Å². The van der Waals surface area contributed by atoms with Gasteiger partial charge in [0, 0.05) is 13.1 Å². The first kappa shape index (κ1) is 15.0. The Labute approximate surface area is 110 Å². The molecule has 0 saturated carbocycles. The number of nitrogens with one attached hydrogen (secondary N) is 1. The number of carbonyl (C=O) groups is 1. The SMILES string of the molecule is CCC1C(=O)NCCN1CCCCC(C)(C)C#N. The maximum absolute atomic E-state index is 11.7. The second-order valence-corrected chi connectivity index (χ2v) is 5.70. The van der Waals surface area contributed by atoms with E-state index >= 15 is 0 Å². The van der Waals surface area contributed by atoms with Crippen molar-refractivity contribution in [3.63, 3.8) is 0 Å². The molecule has 4 heteroatoms. The zero-order chi connectivity index (χ0) is 13.6. The summed E-state index contributed by atoms with van der Waals surface area (Å²) in [6.07, 6.45) is 3.92. The molecule has 0 aromatic rings. The second kappa shape index (κ2) is 6.75. The molecular weight excluding hydrogens is 226 g/mol. The molecule has 1 atom stereocenters. The number of nitriles is 1. The van der Waals surface area contributed by atoms with Crippen LogP contribution in [0.3, 0.4) is 0 Å². The van der Waals surface area contributed by atoms with Crippen LogP contribution >= 0.6 is 0 Å². The van der Waals surface area contributed by atoms with Gasteiger partial charge in [0.1, 0.15) is 0 Å². The number of hydrogen-bond donors (Lipinski definition) is 1. The third-order valence-electron chi connectivity index (χ3n) is 3.63. The van der Waals surface area contributed by atoms with Crippen LogP contribution in [0.5, 0.6) is 0 Å². The van der Waals surface area contributed by atoms with Crippen molar-refractivity contribution in [3.05, 3.63) is 0 Å². The van der Waals surface area contributed by atoms with Crippen molar-refractivity contribution in [3.8, 4) is 6.07 Å². The third kappa shape index (κ3) is 4.30. The molecule has 1 aliphatic rings. The Morgan fingerprint density at radius 1 is 1.50 bits per heavy atom. The van der Waals surface area contributed by atoms with E-state index in [1.807, 2.05) is 13.8 Å². The molecule has 102 valence electrons. The van der Waals surface area contributed by atoms with Crippen molar-refractivity contribution in [2.75, 3.05) is 19.6 Å². The molecule has 1 N–H and O–H groups in total. The molecule has 1 unspecified atom stereocenters. The van der Waals surface area contributed by atoms with E-state index in [0.29, 0.717) is 0 Å². The number of unbranched alkanes of at least 4 members (excludes halogenated alkanes) is 1. The van der Waals surface area contributed by atoms with Gasteiger partial charge in [-0.25, -0.2) is 0 Å². The lowest BCUT2D eigenvalue weighted by atomic mass is 9.89. The molecule has 0 radical (unpaired) electrons. The van der Waals surface area contributed by atoms with Crippen LogP contribution in [-0.4, -0.2) is 36.5 Å². The predicted octanol–water partition coefficient (Wildman–Crippen LogP) is 1.92. The van der Waals surface area contributed by atoms with E-state index in [-0.39, 0.29) is 17.4 Å². The second-order valence-electron chi connectivity index (χ2n) is 5.70. The van der Waals surface area contributed by atoms with Crippen molar-refractivity contribution < 1.29 is 4.79 Å². The van der Waals surface area contributed by atoms with Gasteiger partial charge in [0.15, 0.2) is 0 Å². The molecule has 0 aromatic carbocycles. The van der Waals surface area contributed by atoms with Crippen LogP contribution in [-0.2, 0) is 4.79 Å². The van der Waals surface area contributed by atoms with Crippen LogP contribution in [0.2, 0.25) is 0 Å². The molecule has 1 rings (SSSR count). The van der Waals surface area contributed by atoms with Crippen molar-refractivity contribution in [1.29, 1.82) is 5.26 Å². The summed E-state index contributed by atoms with van der Waals surface area (Å²) in [4.78, 5) is 14.0. The smallest absolute Gasteiger partial charge is 0.237 e. The monoisotopic (exact) mass is 251 g/mol. The highest BCUT2D eigenvalue weighted by molar-refractivity contribution is 5.82. The fraction of sp³-hybridized carbons (Fsp3) is 0.857. The van der Waals surface area contributed by atoms with Gasteiger partial charge in [0.05, 0.1) is 17.5 Å². The maximum Gasteiger partial charge on any atom is 0.237 e. The highest BCUT2D eigenvalue weighted by atomic mass is 16.2. The molecule has 1 aliphatic heterocycles. The summed E-state index contributed by atoms with van der Waals surface area (Å²) in [5, 5.41) is 11.9. The number of hydrogen-bond acceptors (Lipinski definition) is 3. The molecule has 4 nitrogen and oxygen atoms in total. The Morgan fingerprint density at radius 2 is 2.22 bits per heavy atom. The molecule has 1 amide bonds. The minimum absolute atomic E-state index is 0.0442. The molecular formula is C14H25N3O. The third-order valence-corrected chi connectivity index (χ3v) is 3.63. The first-order chi connectivity index (χ1) is 8.50. The lowest BCUT2D eigenvalue weighted by Gasteiger charge is -2.34. The van der Waals surface area contributed by atoms with Crippen LogP contribution in [0.15, 0.2) is 0 Å². The van der Waals surface area contributed by atoms with E-state index in [0.717, 1.165) is 45.3 Å². The zero-order valence-corrected chi connectivity index (χ0v) is 11.8. The van der Waals surface area contributed by atoms with Crippen molar-refractivity contribution in [2.24, 2.45) is 5.41 Å². The van der Waals surface area contributed by atoms with E-state index in [1.54, 1.807) is 0 Å². The van der Waals surface area contributed by atoms with Gasteiger partial charge in [0.25, 0.3) is 0 Å². The molecule has 0 spiro atoms. The lowest BCUT2D eigenvalue weighted by Crippen LogP contribution is -2.55. The number of rotatable bonds is 6. The first-order valence-electron chi connectivity index (χ1n) is 6.93. The van der Waals surface area contributed by atoms with Gasteiger partial charge in [-0.2, -0.15) is 5.26 Å². The van der Waals surface area contributed by atoms with E-state index < -0.39 is 0 Å². The molecule has 0 bridgehead atoms. The number of carbonyl (C=O) groups excluding carboxylic acids is 1. The van der Waals surface area contributed by atoms with E-state index in [2.05, 4.69) is 23.2 Å². The fourth-order valence-electron chi connectivity index (χ4n) is 2.41. The Kier molecular flexibility index (Phi) is 5.61. The quantitative estimate of drug-likeness (QED) is 0.734. The molecule has 1 saturated heterocycles. The standard InChI is InChI=1S/C14H25N3O/c1-4-12-13(18)16-8-10-17(12)9-6-5-7-14(2,3)11-15/h12H,4-10H2,1-3H3,(H,16,18). The summed E-state index contributed by atoms with van der Waals surface area (Å²) in [5.41, 5.74) is -0.219. The minimum atomic E-state index is -0.219. The number of nitrogens with zero attached hydrogens (tertiary/aromatic N) is 2. The van der Waals surface area contributed by atoms with E-state index in [1.165, 1.54) is 0 Å². The summed E-state index contributed by atoms with van der Waals surface area (Å²) in [5.74, 6) is 0.168. The summed E-state index contributed by atoms with van der Waals surface area (Å²) >= 11 is 0. The highest BCUT2D eigenvalue weighted by Gasteiger charge is 2.27. The van der Waals surface area contributed by atoms with Crippen LogP contribution in [0.1, 0.15) is 46.5 Å². The van der Waals surface area contributed by atoms with Crippen LogP contribution in [0.4, 0.5) is 0 Å². The Balaban J connectivity index is 2.30. The Morgan fingerprint density at radius 3 is 2.83 bits per heavy atom. The largest absolute Gasteiger partial charge is 0.353 e. The van der Waals surface area contributed by atoms with Gasteiger partial charge in [-0.1, -0.05) is 13.3 Å². The molecule has 0 aromatic heterocycles. The Hall–Kier alpha value is -1.08. The number of piperazine rings is 1. The van der Waals surface area contributed by atoms with Gasteiger partial charge in [-0.3, -0.25) is 9.69 Å². The highest BCUT2D eigenvalue weighted by Crippen LogP contribution is 2.22. The zero-order valence-electron chi connectivity index (χ0n) is 11.8. The van der Waals surface area contributed by atoms with E-state index in [9.17, 15) is 4.79 Å². The molecule has 18 heavy (non-hydrogen) atoms. The molecule has 0 aliphatic carbocycles. The normalized spacial score (nSPS) is 21.4.